The van der Waals surface area contributed by atoms with Crippen LogP contribution in [0.5, 0.6) is 0 Å². The molecule has 0 spiro atoms. The number of nitrogens with one attached hydrogen (secondary N) is 2. The minimum atomic E-state index is 1.03. The second-order valence-electron chi connectivity index (χ2n) is 4.31. The van der Waals surface area contributed by atoms with Crippen molar-refractivity contribution in [2.75, 3.05) is 10.9 Å². The predicted molar refractivity (Wildman–Crippen MR) is 78.9 cm³/mol. The zero-order valence-corrected chi connectivity index (χ0v) is 11.0. The van der Waals surface area contributed by atoms with Crippen molar-refractivity contribution >= 4 is 11.4 Å². The van der Waals surface area contributed by atoms with E-state index >= 15 is 0 Å². The molecule has 2 N–H and O–H groups in total. The summed E-state index contributed by atoms with van der Waals surface area (Å²) in [6.07, 6.45) is 2.08. The van der Waals surface area contributed by atoms with Gasteiger partial charge in [-0.15, -0.1) is 0 Å². The van der Waals surface area contributed by atoms with Gasteiger partial charge in [0.25, 0.3) is 0 Å². The van der Waals surface area contributed by atoms with Crippen molar-refractivity contribution in [2.45, 2.75) is 26.7 Å². The molecule has 0 radical (unpaired) electrons. The van der Waals surface area contributed by atoms with Gasteiger partial charge in [-0.3, -0.25) is 0 Å². The molecule has 0 saturated heterocycles. The molecule has 2 aromatic carbocycles. The smallest absolute Gasteiger partial charge is 0.0571 e. The highest BCUT2D eigenvalue weighted by atomic mass is 15.4. The van der Waals surface area contributed by atoms with E-state index in [1.54, 1.807) is 0 Å². The Morgan fingerprint density at radius 3 is 2.44 bits per heavy atom. The van der Waals surface area contributed by atoms with Gasteiger partial charge in [0.1, 0.15) is 0 Å². The fourth-order valence-electron chi connectivity index (χ4n) is 1.96. The van der Waals surface area contributed by atoms with Crippen LogP contribution in [0.4, 0.5) is 11.4 Å². The molecule has 0 aromatic heterocycles. The zero-order valence-electron chi connectivity index (χ0n) is 11.0. The Balaban J connectivity index is 2.06. The second kappa shape index (κ2) is 6.10. The van der Waals surface area contributed by atoms with Gasteiger partial charge in [0.2, 0.25) is 0 Å². The van der Waals surface area contributed by atoms with Crippen LogP contribution in [0.2, 0.25) is 0 Å². The number of hydrazine groups is 1. The lowest BCUT2D eigenvalue weighted by atomic mass is 10.1. The first-order valence-corrected chi connectivity index (χ1v) is 6.52. The topological polar surface area (TPSA) is 24.1 Å². The van der Waals surface area contributed by atoms with Gasteiger partial charge in [0.15, 0.2) is 0 Å². The minimum absolute atomic E-state index is 1.03. The van der Waals surface area contributed by atoms with Crippen LogP contribution in [0.3, 0.4) is 0 Å². The second-order valence-corrected chi connectivity index (χ2v) is 4.31. The first-order valence-electron chi connectivity index (χ1n) is 6.52. The maximum Gasteiger partial charge on any atom is 0.0571 e. The molecule has 0 fully saturated rings. The van der Waals surface area contributed by atoms with Crippen LogP contribution in [-0.2, 0) is 12.8 Å². The predicted octanol–water partition coefficient (Wildman–Crippen LogP) is 4.25. The standard InChI is InChI=1S/C16H20N2/c1-3-13-8-7-10-15(12-13)17-18-16-11-6-5-9-14(16)4-2/h5-12,17-18H,3-4H2,1-2H3. The molecule has 94 valence electrons. The maximum absolute atomic E-state index is 3.28. The molecular weight excluding hydrogens is 220 g/mol. The third-order valence-electron chi connectivity index (χ3n) is 3.08. The average Bonchev–Trinajstić information content (AvgIpc) is 2.45. The molecular formula is C16H20N2. The van der Waals surface area contributed by atoms with Gasteiger partial charge in [-0.2, -0.15) is 0 Å². The average molecular weight is 240 g/mol. The van der Waals surface area contributed by atoms with E-state index in [1.165, 1.54) is 11.1 Å². The lowest BCUT2D eigenvalue weighted by Gasteiger charge is -2.13. The molecule has 0 atom stereocenters. The summed E-state index contributed by atoms with van der Waals surface area (Å²) in [6.45, 7) is 4.33. The van der Waals surface area contributed by atoms with E-state index in [-0.39, 0.29) is 0 Å². The van der Waals surface area contributed by atoms with E-state index < -0.39 is 0 Å². The molecule has 0 aliphatic heterocycles. The molecule has 0 bridgehead atoms. The van der Waals surface area contributed by atoms with Gasteiger partial charge in [0, 0.05) is 0 Å². The van der Waals surface area contributed by atoms with Crippen LogP contribution < -0.4 is 10.9 Å². The van der Waals surface area contributed by atoms with Crippen molar-refractivity contribution < 1.29 is 0 Å². The van der Waals surface area contributed by atoms with Crippen molar-refractivity contribution in [3.63, 3.8) is 0 Å². The van der Waals surface area contributed by atoms with Gasteiger partial charge in [-0.05, 0) is 42.2 Å². The Morgan fingerprint density at radius 2 is 1.67 bits per heavy atom. The summed E-state index contributed by atoms with van der Waals surface area (Å²) in [4.78, 5) is 0. The van der Waals surface area contributed by atoms with Gasteiger partial charge in [0.05, 0.1) is 11.4 Å². The lowest BCUT2D eigenvalue weighted by molar-refractivity contribution is 1.13. The number of aryl methyl sites for hydroxylation is 2. The van der Waals surface area contributed by atoms with Crippen molar-refractivity contribution in [3.8, 4) is 0 Å². The van der Waals surface area contributed by atoms with E-state index in [9.17, 15) is 0 Å². The summed E-state index contributed by atoms with van der Waals surface area (Å²) in [5, 5.41) is 0. The lowest BCUT2D eigenvalue weighted by Crippen LogP contribution is -2.10. The Labute approximate surface area is 109 Å². The van der Waals surface area contributed by atoms with Crippen molar-refractivity contribution in [1.29, 1.82) is 0 Å². The number of hydrogen-bond acceptors (Lipinski definition) is 2. The fourth-order valence-corrected chi connectivity index (χ4v) is 1.96. The maximum atomic E-state index is 3.28. The molecule has 0 amide bonds. The monoisotopic (exact) mass is 240 g/mol. The fraction of sp³-hybridized carbons (Fsp3) is 0.250. The first kappa shape index (κ1) is 12.5. The Hall–Kier alpha value is -1.96. The normalized spacial score (nSPS) is 10.1. The Bertz CT molecular complexity index is 506. The van der Waals surface area contributed by atoms with E-state index in [4.69, 9.17) is 0 Å². The zero-order chi connectivity index (χ0) is 12.8. The highest BCUT2D eigenvalue weighted by molar-refractivity contribution is 5.57. The van der Waals surface area contributed by atoms with Crippen LogP contribution in [0.25, 0.3) is 0 Å². The quantitative estimate of drug-likeness (QED) is 0.763. The number of para-hydroxylation sites is 1. The van der Waals surface area contributed by atoms with Crippen molar-refractivity contribution in [3.05, 3.63) is 59.7 Å². The summed E-state index contributed by atoms with van der Waals surface area (Å²) in [6, 6.07) is 16.8. The first-order chi connectivity index (χ1) is 8.83. The number of hydrogen-bond donors (Lipinski definition) is 2. The summed E-state index contributed by atoms with van der Waals surface area (Å²) >= 11 is 0. The molecule has 0 aliphatic carbocycles. The molecule has 0 saturated carbocycles. The summed E-state index contributed by atoms with van der Waals surface area (Å²) in [7, 11) is 0. The third kappa shape index (κ3) is 3.04. The summed E-state index contributed by atoms with van der Waals surface area (Å²) in [5.74, 6) is 0. The van der Waals surface area contributed by atoms with Gasteiger partial charge in [-0.1, -0.05) is 44.2 Å². The SMILES string of the molecule is CCc1cccc(NNc2ccccc2CC)c1. The van der Waals surface area contributed by atoms with E-state index in [0.717, 1.165) is 24.2 Å². The van der Waals surface area contributed by atoms with Crippen LogP contribution in [0, 0.1) is 0 Å². The molecule has 18 heavy (non-hydrogen) atoms. The molecule has 0 unspecified atom stereocenters. The Morgan fingerprint density at radius 1 is 0.833 bits per heavy atom. The van der Waals surface area contributed by atoms with Crippen molar-refractivity contribution in [1.82, 2.24) is 0 Å². The molecule has 2 nitrogen and oxygen atoms in total. The van der Waals surface area contributed by atoms with E-state index in [0.29, 0.717) is 0 Å². The van der Waals surface area contributed by atoms with E-state index in [1.807, 2.05) is 6.07 Å². The van der Waals surface area contributed by atoms with Gasteiger partial charge in [-0.25, -0.2) is 0 Å². The van der Waals surface area contributed by atoms with Gasteiger partial charge < -0.3 is 10.9 Å². The van der Waals surface area contributed by atoms with Crippen LogP contribution in [0.1, 0.15) is 25.0 Å². The minimum Gasteiger partial charge on any atom is -0.301 e. The molecule has 2 heteroatoms. The Kier molecular flexibility index (Phi) is 4.24. The van der Waals surface area contributed by atoms with Crippen molar-refractivity contribution in [2.24, 2.45) is 0 Å². The van der Waals surface area contributed by atoms with Crippen LogP contribution >= 0.6 is 0 Å². The third-order valence-corrected chi connectivity index (χ3v) is 3.08. The number of rotatable bonds is 5. The van der Waals surface area contributed by atoms with E-state index in [2.05, 4.69) is 67.2 Å². The molecule has 0 heterocycles. The molecule has 2 rings (SSSR count). The molecule has 0 aliphatic rings. The number of benzene rings is 2. The number of anilines is 2. The molecule has 2 aromatic rings. The summed E-state index contributed by atoms with van der Waals surface area (Å²) in [5.41, 5.74) is 11.4. The largest absolute Gasteiger partial charge is 0.301 e. The highest BCUT2D eigenvalue weighted by Crippen LogP contribution is 2.17. The summed E-state index contributed by atoms with van der Waals surface area (Å²) < 4.78 is 0. The van der Waals surface area contributed by atoms with Gasteiger partial charge >= 0.3 is 0 Å². The highest BCUT2D eigenvalue weighted by Gasteiger charge is 1.98. The van der Waals surface area contributed by atoms with Crippen LogP contribution in [0.15, 0.2) is 48.5 Å². The van der Waals surface area contributed by atoms with Crippen LogP contribution in [-0.4, -0.2) is 0 Å².